The van der Waals surface area contributed by atoms with E-state index in [2.05, 4.69) is 28.7 Å². The molecule has 1 rings (SSSR count). The number of nitrogens with zero attached hydrogens (tertiary/aromatic N) is 1. The highest BCUT2D eigenvalue weighted by atomic mass is 127. The van der Waals surface area contributed by atoms with Crippen LogP contribution in [0.4, 0.5) is 0 Å². The van der Waals surface area contributed by atoms with Crippen LogP contribution in [0, 0.1) is 14.9 Å². The molecule has 68 valence electrons. The molecule has 0 heterocycles. The molecule has 0 aromatic heterocycles. The van der Waals surface area contributed by atoms with Crippen LogP contribution in [0.25, 0.3) is 0 Å². The van der Waals surface area contributed by atoms with Crippen molar-refractivity contribution in [2.24, 2.45) is 0 Å². The van der Waals surface area contributed by atoms with Gasteiger partial charge in [0.15, 0.2) is 0 Å². The largest absolute Gasteiger partial charge is 0.497 e. The normalized spacial score (nSPS) is 9.38. The molecule has 0 saturated carbocycles. The Bertz CT molecular complexity index is 359. The van der Waals surface area contributed by atoms with Gasteiger partial charge < -0.3 is 4.74 Å². The van der Waals surface area contributed by atoms with Gasteiger partial charge in [-0.05, 0) is 40.3 Å². The van der Waals surface area contributed by atoms with Crippen molar-refractivity contribution in [1.82, 2.24) is 0 Å². The minimum absolute atomic E-state index is 0.356. The molecular formula is C9H7ClINO. The zero-order valence-corrected chi connectivity index (χ0v) is 9.89. The second-order valence-corrected chi connectivity index (χ2v) is 3.90. The van der Waals surface area contributed by atoms with Crippen LogP contribution in [0.5, 0.6) is 5.75 Å². The minimum Gasteiger partial charge on any atom is -0.497 e. The van der Waals surface area contributed by atoms with Crippen molar-refractivity contribution in [3.05, 3.63) is 26.3 Å². The molecule has 0 radical (unpaired) electrons. The number of hydrogen-bond donors (Lipinski definition) is 0. The Morgan fingerprint density at radius 1 is 1.62 bits per heavy atom. The Kier molecular flexibility index (Phi) is 3.82. The molecule has 1 aromatic rings. The van der Waals surface area contributed by atoms with Crippen molar-refractivity contribution < 1.29 is 4.74 Å². The van der Waals surface area contributed by atoms with E-state index in [0.717, 1.165) is 9.13 Å². The molecular weight excluding hydrogens is 300 g/mol. The Morgan fingerprint density at radius 2 is 2.31 bits per heavy atom. The molecule has 0 N–H and O–H groups in total. The van der Waals surface area contributed by atoms with Crippen molar-refractivity contribution in [3.8, 4) is 11.8 Å². The summed E-state index contributed by atoms with van der Waals surface area (Å²) in [4.78, 5) is 0. The third-order valence-electron chi connectivity index (χ3n) is 1.58. The van der Waals surface area contributed by atoms with Crippen LogP contribution in [0.1, 0.15) is 5.56 Å². The molecule has 0 amide bonds. The zero-order valence-electron chi connectivity index (χ0n) is 6.97. The molecule has 13 heavy (non-hydrogen) atoms. The molecule has 4 heteroatoms. The lowest BCUT2D eigenvalue weighted by molar-refractivity contribution is 0.414. The van der Waals surface area contributed by atoms with Gasteiger partial charge in [-0.25, -0.2) is 0 Å². The van der Waals surface area contributed by atoms with Gasteiger partial charge in [-0.2, -0.15) is 5.26 Å². The topological polar surface area (TPSA) is 33.0 Å². The molecule has 2 nitrogen and oxygen atoms in total. The number of rotatable bonds is 2. The first-order valence-corrected chi connectivity index (χ1v) is 5.03. The van der Waals surface area contributed by atoms with Gasteiger partial charge in [0, 0.05) is 3.57 Å². The van der Waals surface area contributed by atoms with Crippen LogP contribution in [0.15, 0.2) is 12.1 Å². The third kappa shape index (κ3) is 2.48. The van der Waals surface area contributed by atoms with Crippen LogP contribution in [-0.4, -0.2) is 7.11 Å². The summed E-state index contributed by atoms with van der Waals surface area (Å²) in [6.07, 6.45) is 0.356. The van der Waals surface area contributed by atoms with Crippen LogP contribution in [0.2, 0.25) is 5.02 Å². The predicted octanol–water partition coefficient (Wildman–Crippen LogP) is 3.02. The summed E-state index contributed by atoms with van der Waals surface area (Å²) in [5, 5.41) is 9.19. The molecule has 0 spiro atoms. The zero-order chi connectivity index (χ0) is 9.84. The third-order valence-corrected chi connectivity index (χ3v) is 3.47. The molecule has 0 unspecified atom stereocenters. The fourth-order valence-corrected chi connectivity index (χ4v) is 1.68. The van der Waals surface area contributed by atoms with Gasteiger partial charge in [-0.3, -0.25) is 0 Å². The highest BCUT2D eigenvalue weighted by Gasteiger charge is 2.06. The lowest BCUT2D eigenvalue weighted by Crippen LogP contribution is -1.91. The molecule has 0 saturated heterocycles. The number of benzene rings is 1. The highest BCUT2D eigenvalue weighted by Crippen LogP contribution is 2.28. The standard InChI is InChI=1S/C9H7ClINO/c1-13-7-4-6(2-3-12)9(11)8(10)5-7/h4-5H,2H2,1H3. The van der Waals surface area contributed by atoms with E-state index in [-0.39, 0.29) is 0 Å². The monoisotopic (exact) mass is 307 g/mol. The lowest BCUT2D eigenvalue weighted by atomic mass is 10.1. The van der Waals surface area contributed by atoms with Crippen LogP contribution >= 0.6 is 34.2 Å². The quantitative estimate of drug-likeness (QED) is 0.787. The second-order valence-electron chi connectivity index (χ2n) is 2.42. The van der Waals surface area contributed by atoms with Crippen molar-refractivity contribution in [1.29, 1.82) is 5.26 Å². The minimum atomic E-state index is 0.356. The average molecular weight is 308 g/mol. The van der Waals surface area contributed by atoms with Crippen molar-refractivity contribution in [2.75, 3.05) is 7.11 Å². The number of hydrogen-bond acceptors (Lipinski definition) is 2. The molecule has 0 aliphatic rings. The number of halogens is 2. The van der Waals surface area contributed by atoms with Gasteiger partial charge in [0.25, 0.3) is 0 Å². The van der Waals surface area contributed by atoms with Crippen LogP contribution in [-0.2, 0) is 6.42 Å². The molecule has 0 aliphatic heterocycles. The Labute approximate surface area is 95.6 Å². The fourth-order valence-electron chi connectivity index (χ4n) is 0.950. The smallest absolute Gasteiger partial charge is 0.120 e. The van der Waals surface area contributed by atoms with Crippen LogP contribution < -0.4 is 4.74 Å². The maximum absolute atomic E-state index is 8.56. The molecule has 0 aliphatic carbocycles. The van der Waals surface area contributed by atoms with Gasteiger partial charge in [-0.1, -0.05) is 11.6 Å². The SMILES string of the molecule is COc1cc(Cl)c(I)c(CC#N)c1. The molecule has 1 aromatic carbocycles. The van der Waals surface area contributed by atoms with Crippen molar-refractivity contribution in [2.45, 2.75) is 6.42 Å². The van der Waals surface area contributed by atoms with Crippen LogP contribution in [0.3, 0.4) is 0 Å². The average Bonchev–Trinajstić information content (AvgIpc) is 2.13. The first-order chi connectivity index (χ1) is 6.19. The Morgan fingerprint density at radius 3 is 2.85 bits per heavy atom. The second kappa shape index (κ2) is 4.68. The van der Waals surface area contributed by atoms with E-state index in [1.165, 1.54) is 0 Å². The maximum atomic E-state index is 8.56. The Balaban J connectivity index is 3.18. The van der Waals surface area contributed by atoms with Gasteiger partial charge in [0.1, 0.15) is 5.75 Å². The number of ether oxygens (including phenoxy) is 1. The van der Waals surface area contributed by atoms with E-state index in [4.69, 9.17) is 21.6 Å². The first kappa shape index (κ1) is 10.6. The predicted molar refractivity (Wildman–Crippen MR) is 60.0 cm³/mol. The fraction of sp³-hybridized carbons (Fsp3) is 0.222. The van der Waals surface area contributed by atoms with E-state index in [1.54, 1.807) is 13.2 Å². The summed E-state index contributed by atoms with van der Waals surface area (Å²) in [5.41, 5.74) is 0.910. The van der Waals surface area contributed by atoms with Gasteiger partial charge in [-0.15, -0.1) is 0 Å². The van der Waals surface area contributed by atoms with E-state index in [1.807, 2.05) is 6.07 Å². The number of nitriles is 1. The van der Waals surface area contributed by atoms with Gasteiger partial charge in [0.2, 0.25) is 0 Å². The Hall–Kier alpha value is -0.470. The van der Waals surface area contributed by atoms with Gasteiger partial charge in [0.05, 0.1) is 24.6 Å². The van der Waals surface area contributed by atoms with E-state index >= 15 is 0 Å². The summed E-state index contributed by atoms with van der Waals surface area (Å²) in [6, 6.07) is 5.65. The van der Waals surface area contributed by atoms with E-state index in [0.29, 0.717) is 17.2 Å². The molecule has 0 atom stereocenters. The summed E-state index contributed by atoms with van der Waals surface area (Å²) >= 11 is 8.06. The lowest BCUT2D eigenvalue weighted by Gasteiger charge is -2.06. The first-order valence-electron chi connectivity index (χ1n) is 3.58. The summed E-state index contributed by atoms with van der Waals surface area (Å²) in [5.74, 6) is 0.690. The summed E-state index contributed by atoms with van der Waals surface area (Å²) in [7, 11) is 1.58. The number of methoxy groups -OCH3 is 1. The van der Waals surface area contributed by atoms with Crippen molar-refractivity contribution >= 4 is 34.2 Å². The summed E-state index contributed by atoms with van der Waals surface area (Å²) < 4.78 is 5.96. The van der Waals surface area contributed by atoms with Gasteiger partial charge >= 0.3 is 0 Å². The summed E-state index contributed by atoms with van der Waals surface area (Å²) in [6.45, 7) is 0. The van der Waals surface area contributed by atoms with E-state index in [9.17, 15) is 0 Å². The maximum Gasteiger partial charge on any atom is 0.120 e. The van der Waals surface area contributed by atoms with Crippen molar-refractivity contribution in [3.63, 3.8) is 0 Å². The molecule has 0 fully saturated rings. The van der Waals surface area contributed by atoms with E-state index < -0.39 is 0 Å². The highest BCUT2D eigenvalue weighted by molar-refractivity contribution is 14.1. The molecule has 0 bridgehead atoms.